The van der Waals surface area contributed by atoms with Crippen LogP contribution in [0.3, 0.4) is 0 Å². The molecule has 1 unspecified atom stereocenters. The SMILES string of the molecule is CCCCCCc1oc(-c2nc3oc2[C@@]24c5ccccc5NC2Oc2ccc(cc24)C[C@H](N)C(=O)N[C@H]3C(C)C)nc1C(=O)OC. The number of carbonyl (C=O) groups excluding carboxylic acids is 2. The number of nitrogens with two attached hydrogens (primary N) is 1. The summed E-state index contributed by atoms with van der Waals surface area (Å²) < 4.78 is 24.9. The van der Waals surface area contributed by atoms with Crippen LogP contribution in [0.1, 0.15) is 97.1 Å². The summed E-state index contributed by atoms with van der Waals surface area (Å²) in [5, 5.41) is 6.64. The Hall–Kier alpha value is -4.64. The number of nitrogens with zero attached hydrogens (tertiary/aromatic N) is 2. The Morgan fingerprint density at radius 2 is 1.91 bits per heavy atom. The van der Waals surface area contributed by atoms with Crippen LogP contribution in [0.25, 0.3) is 11.6 Å². The maximum atomic E-state index is 13.4. The van der Waals surface area contributed by atoms with Gasteiger partial charge in [-0.2, -0.15) is 0 Å². The summed E-state index contributed by atoms with van der Waals surface area (Å²) >= 11 is 0. The molecule has 240 valence electrons. The van der Waals surface area contributed by atoms with Crippen LogP contribution in [0.4, 0.5) is 5.69 Å². The van der Waals surface area contributed by atoms with E-state index in [1.165, 1.54) is 7.11 Å². The molecular formula is C35H39N5O6. The molecule has 46 heavy (non-hydrogen) atoms. The van der Waals surface area contributed by atoms with E-state index in [9.17, 15) is 9.59 Å². The van der Waals surface area contributed by atoms with Crippen molar-refractivity contribution in [2.75, 3.05) is 12.4 Å². The van der Waals surface area contributed by atoms with E-state index in [4.69, 9.17) is 34.0 Å². The van der Waals surface area contributed by atoms with E-state index in [2.05, 4.69) is 17.6 Å². The maximum absolute atomic E-state index is 13.4. The molecule has 1 spiro atoms. The number of fused-ring (bicyclic) bond motifs is 4. The number of anilines is 1. The van der Waals surface area contributed by atoms with Crippen LogP contribution in [-0.2, 0) is 27.8 Å². The number of carbonyl (C=O) groups is 2. The highest BCUT2D eigenvalue weighted by molar-refractivity contribution is 5.89. The van der Waals surface area contributed by atoms with Crippen LogP contribution >= 0.6 is 0 Å². The predicted molar refractivity (Wildman–Crippen MR) is 169 cm³/mol. The van der Waals surface area contributed by atoms with Gasteiger partial charge in [0.05, 0.1) is 13.2 Å². The second-order valence-corrected chi connectivity index (χ2v) is 12.7. The van der Waals surface area contributed by atoms with Crippen molar-refractivity contribution in [1.82, 2.24) is 15.3 Å². The van der Waals surface area contributed by atoms with E-state index in [1.807, 2.05) is 56.3 Å². The maximum Gasteiger partial charge on any atom is 0.360 e. The minimum atomic E-state index is -1.00. The van der Waals surface area contributed by atoms with Gasteiger partial charge in [-0.15, -0.1) is 0 Å². The number of para-hydroxylation sites is 1. The quantitative estimate of drug-likeness (QED) is 0.171. The van der Waals surface area contributed by atoms with E-state index in [1.54, 1.807) is 0 Å². The van der Waals surface area contributed by atoms with Gasteiger partial charge >= 0.3 is 5.97 Å². The lowest BCUT2D eigenvalue weighted by atomic mass is 9.72. The summed E-state index contributed by atoms with van der Waals surface area (Å²) in [6, 6.07) is 12.5. The third kappa shape index (κ3) is 4.67. The third-order valence-corrected chi connectivity index (χ3v) is 9.31. The molecule has 3 aliphatic heterocycles. The average Bonchev–Trinajstić information content (AvgIpc) is 3.80. The number of nitrogens with one attached hydrogen (secondary N) is 2. The zero-order valence-electron chi connectivity index (χ0n) is 26.5. The fraction of sp³-hybridized carbons (Fsp3) is 0.429. The lowest BCUT2D eigenvalue weighted by Gasteiger charge is -2.28. The molecule has 11 heteroatoms. The van der Waals surface area contributed by atoms with Gasteiger partial charge in [0, 0.05) is 17.7 Å². The molecule has 5 heterocycles. The Labute approximate surface area is 267 Å². The van der Waals surface area contributed by atoms with Crippen LogP contribution in [0.5, 0.6) is 5.75 Å². The first-order valence-electron chi connectivity index (χ1n) is 16.1. The predicted octanol–water partition coefficient (Wildman–Crippen LogP) is 5.41. The van der Waals surface area contributed by atoms with Crippen molar-refractivity contribution in [3.8, 4) is 17.3 Å². The fourth-order valence-corrected chi connectivity index (χ4v) is 6.95. The summed E-state index contributed by atoms with van der Waals surface area (Å²) in [6.07, 6.45) is 4.26. The summed E-state index contributed by atoms with van der Waals surface area (Å²) in [5.41, 5.74) is 9.46. The van der Waals surface area contributed by atoms with Gasteiger partial charge in [0.1, 0.15) is 23.0 Å². The molecule has 3 aliphatic rings. The lowest BCUT2D eigenvalue weighted by Crippen LogP contribution is -2.45. The number of rotatable bonds is 8. The summed E-state index contributed by atoms with van der Waals surface area (Å²) in [5.74, 6) is 0.991. The highest BCUT2D eigenvalue weighted by Crippen LogP contribution is 2.59. The van der Waals surface area contributed by atoms with Crippen molar-refractivity contribution in [1.29, 1.82) is 0 Å². The van der Waals surface area contributed by atoms with E-state index in [0.717, 1.165) is 48.1 Å². The van der Waals surface area contributed by atoms with Crippen LogP contribution in [0.15, 0.2) is 51.3 Å². The molecule has 2 aromatic carbocycles. The van der Waals surface area contributed by atoms with Crippen LogP contribution in [-0.4, -0.2) is 41.2 Å². The molecule has 4 aromatic rings. The largest absolute Gasteiger partial charge is 0.469 e. The molecule has 11 nitrogen and oxygen atoms in total. The van der Waals surface area contributed by atoms with Crippen LogP contribution < -0.4 is 21.1 Å². The number of esters is 1. The Balaban J connectivity index is 1.50. The molecular weight excluding hydrogens is 586 g/mol. The van der Waals surface area contributed by atoms with E-state index < -0.39 is 29.7 Å². The van der Waals surface area contributed by atoms with Crippen molar-refractivity contribution < 1.29 is 27.9 Å². The number of aromatic nitrogens is 2. The van der Waals surface area contributed by atoms with Gasteiger partial charge in [-0.1, -0.05) is 70.4 Å². The zero-order valence-corrected chi connectivity index (χ0v) is 26.5. The molecule has 4 bridgehead atoms. The Morgan fingerprint density at radius 1 is 1.09 bits per heavy atom. The number of oxazole rings is 2. The topological polar surface area (TPSA) is 155 Å². The first-order valence-corrected chi connectivity index (χ1v) is 16.1. The lowest BCUT2D eigenvalue weighted by molar-refractivity contribution is -0.123. The molecule has 0 saturated heterocycles. The normalized spacial score (nSPS) is 22.7. The number of methoxy groups -OCH3 is 1. The summed E-state index contributed by atoms with van der Waals surface area (Å²) in [7, 11) is 1.33. The zero-order chi connectivity index (χ0) is 32.2. The molecule has 0 radical (unpaired) electrons. The number of aryl methyl sites for hydroxylation is 1. The molecule has 7 rings (SSSR count). The van der Waals surface area contributed by atoms with Crippen LogP contribution in [0, 0.1) is 5.92 Å². The molecule has 0 aliphatic carbocycles. The van der Waals surface area contributed by atoms with Gasteiger partial charge in [0.25, 0.3) is 0 Å². The second kappa shape index (κ2) is 11.6. The molecule has 4 atom stereocenters. The Morgan fingerprint density at radius 3 is 2.70 bits per heavy atom. The third-order valence-electron chi connectivity index (χ3n) is 9.31. The van der Waals surface area contributed by atoms with Crippen molar-refractivity contribution >= 4 is 17.6 Å². The number of hydrogen-bond donors (Lipinski definition) is 3. The number of amides is 1. The van der Waals surface area contributed by atoms with E-state index in [0.29, 0.717) is 35.8 Å². The van der Waals surface area contributed by atoms with Crippen molar-refractivity contribution in [3.63, 3.8) is 0 Å². The van der Waals surface area contributed by atoms with Gasteiger partial charge in [-0.25, -0.2) is 14.8 Å². The van der Waals surface area contributed by atoms with Crippen molar-refractivity contribution in [2.24, 2.45) is 11.7 Å². The number of benzene rings is 2. The standard InChI is InChI=1S/C35H39N5O6/c1-5-6-7-8-13-25-27(33(42)43-4)39-32(44-25)28-29-35-20-11-9-10-12-23(20)37-34(35)45-24-15-14-19(16-21(24)35)17-22(36)30(41)38-26(18(2)3)31(40-28)46-29/h9-12,14-16,18,22,26,34,37H,5-8,13,17,36H2,1-4H3,(H,38,41)/t22-,26-,34?,35-/m0/s1. The second-order valence-electron chi connectivity index (χ2n) is 12.7. The van der Waals surface area contributed by atoms with Gasteiger partial charge in [-0.3, -0.25) is 4.79 Å². The first-order chi connectivity index (χ1) is 22.3. The average molecular weight is 626 g/mol. The first kappa shape index (κ1) is 30.0. The van der Waals surface area contributed by atoms with Crippen molar-refractivity contribution in [2.45, 2.75) is 83.0 Å². The number of hydrogen-bond acceptors (Lipinski definition) is 10. The highest BCUT2D eigenvalue weighted by atomic mass is 16.5. The molecule has 1 amide bonds. The fourth-order valence-electron chi connectivity index (χ4n) is 6.95. The Kier molecular flexibility index (Phi) is 7.59. The molecule has 2 aromatic heterocycles. The van der Waals surface area contributed by atoms with Gasteiger partial charge in [-0.05, 0) is 42.0 Å². The Bertz CT molecular complexity index is 1810. The minimum Gasteiger partial charge on any atom is -0.469 e. The van der Waals surface area contributed by atoms with Crippen molar-refractivity contribution in [3.05, 3.63) is 82.3 Å². The molecule has 0 saturated carbocycles. The number of unbranched alkanes of at least 4 members (excludes halogenated alkanes) is 3. The summed E-state index contributed by atoms with van der Waals surface area (Å²) in [6.45, 7) is 6.11. The molecule has 0 fully saturated rings. The smallest absolute Gasteiger partial charge is 0.360 e. The minimum absolute atomic E-state index is 0.0988. The van der Waals surface area contributed by atoms with Gasteiger partial charge < -0.3 is 34.7 Å². The monoisotopic (exact) mass is 625 g/mol. The van der Waals surface area contributed by atoms with Crippen LogP contribution in [0.2, 0.25) is 0 Å². The van der Waals surface area contributed by atoms with Gasteiger partial charge in [0.2, 0.25) is 17.7 Å². The molecule has 4 N–H and O–H groups in total. The summed E-state index contributed by atoms with van der Waals surface area (Å²) in [4.78, 5) is 36.0. The van der Waals surface area contributed by atoms with E-state index in [-0.39, 0.29) is 29.3 Å². The van der Waals surface area contributed by atoms with E-state index >= 15 is 0 Å². The highest BCUT2D eigenvalue weighted by Gasteiger charge is 2.61. The van der Waals surface area contributed by atoms with Gasteiger partial charge in [0.15, 0.2) is 23.4 Å². The number of ether oxygens (including phenoxy) is 2.